The summed E-state index contributed by atoms with van der Waals surface area (Å²) in [5.74, 6) is -0.0262. The molecule has 0 saturated heterocycles. The SMILES string of the molecule is O[C@@H]1CC(c2cc(Br)ccc2Cl)Oc2cc(F)ccc21. The van der Waals surface area contributed by atoms with Crippen LogP contribution < -0.4 is 4.74 Å². The maximum absolute atomic E-state index is 13.3. The first-order chi connectivity index (χ1) is 9.54. The van der Waals surface area contributed by atoms with Gasteiger partial charge in [0.05, 0.1) is 6.10 Å². The summed E-state index contributed by atoms with van der Waals surface area (Å²) in [5, 5.41) is 10.7. The maximum atomic E-state index is 13.3. The fraction of sp³-hybridized carbons (Fsp3) is 0.200. The molecule has 1 aliphatic rings. The second-order valence-electron chi connectivity index (χ2n) is 4.71. The van der Waals surface area contributed by atoms with E-state index in [0.29, 0.717) is 22.8 Å². The summed E-state index contributed by atoms with van der Waals surface area (Å²) in [6, 6.07) is 9.60. The molecule has 20 heavy (non-hydrogen) atoms. The molecule has 0 amide bonds. The Bertz CT molecular complexity index is 662. The van der Waals surface area contributed by atoms with Gasteiger partial charge in [0, 0.05) is 33.1 Å². The van der Waals surface area contributed by atoms with Crippen LogP contribution in [0.1, 0.15) is 29.8 Å². The molecule has 0 aromatic heterocycles. The molecule has 1 N–H and O–H groups in total. The molecular weight excluding hydrogens is 347 g/mol. The zero-order valence-corrected chi connectivity index (χ0v) is 12.7. The summed E-state index contributed by atoms with van der Waals surface area (Å²) in [6.07, 6.45) is -0.710. The highest BCUT2D eigenvalue weighted by Gasteiger charge is 2.29. The van der Waals surface area contributed by atoms with Gasteiger partial charge in [-0.25, -0.2) is 4.39 Å². The number of rotatable bonds is 1. The molecule has 1 aliphatic heterocycles. The van der Waals surface area contributed by atoms with Crippen molar-refractivity contribution in [2.45, 2.75) is 18.6 Å². The van der Waals surface area contributed by atoms with Gasteiger partial charge in [0.25, 0.3) is 0 Å². The Labute approximate surface area is 129 Å². The molecule has 3 rings (SSSR count). The van der Waals surface area contributed by atoms with E-state index in [9.17, 15) is 9.50 Å². The summed E-state index contributed by atoms with van der Waals surface area (Å²) in [4.78, 5) is 0. The van der Waals surface area contributed by atoms with E-state index in [-0.39, 0.29) is 0 Å². The lowest BCUT2D eigenvalue weighted by Crippen LogP contribution is -2.19. The van der Waals surface area contributed by atoms with Crippen molar-refractivity contribution in [1.29, 1.82) is 0 Å². The molecule has 2 aromatic carbocycles. The molecule has 2 atom stereocenters. The van der Waals surface area contributed by atoms with Gasteiger partial charge in [-0.1, -0.05) is 27.5 Å². The molecule has 5 heteroatoms. The third-order valence-electron chi connectivity index (χ3n) is 3.35. The Morgan fingerprint density at radius 2 is 2.00 bits per heavy atom. The Kier molecular flexibility index (Phi) is 3.71. The fourth-order valence-corrected chi connectivity index (χ4v) is 2.99. The zero-order chi connectivity index (χ0) is 14.3. The minimum absolute atomic E-state index is 0.366. The van der Waals surface area contributed by atoms with Crippen molar-refractivity contribution in [1.82, 2.24) is 0 Å². The summed E-state index contributed by atoms with van der Waals surface area (Å²) in [7, 11) is 0. The van der Waals surface area contributed by atoms with Gasteiger partial charge in [0.2, 0.25) is 0 Å². The number of hydrogen-bond acceptors (Lipinski definition) is 2. The van der Waals surface area contributed by atoms with Crippen LogP contribution in [0.4, 0.5) is 4.39 Å². The van der Waals surface area contributed by atoms with E-state index in [1.54, 1.807) is 12.1 Å². The molecule has 104 valence electrons. The first-order valence-electron chi connectivity index (χ1n) is 6.13. The van der Waals surface area contributed by atoms with Crippen LogP contribution in [0.5, 0.6) is 5.75 Å². The number of hydrogen-bond donors (Lipinski definition) is 1. The highest BCUT2D eigenvalue weighted by atomic mass is 79.9. The van der Waals surface area contributed by atoms with Crippen LogP contribution in [-0.2, 0) is 0 Å². The van der Waals surface area contributed by atoms with Gasteiger partial charge in [0.1, 0.15) is 17.7 Å². The number of fused-ring (bicyclic) bond motifs is 1. The first kappa shape index (κ1) is 13.9. The monoisotopic (exact) mass is 356 g/mol. The van der Waals surface area contributed by atoms with Crippen molar-refractivity contribution < 1.29 is 14.2 Å². The molecule has 0 spiro atoms. The topological polar surface area (TPSA) is 29.5 Å². The molecular formula is C15H11BrClFO2. The fourth-order valence-electron chi connectivity index (χ4n) is 2.37. The van der Waals surface area contributed by atoms with Gasteiger partial charge < -0.3 is 9.84 Å². The Hall–Kier alpha value is -1.10. The number of halogens is 3. The van der Waals surface area contributed by atoms with Crippen molar-refractivity contribution >= 4 is 27.5 Å². The smallest absolute Gasteiger partial charge is 0.128 e. The van der Waals surface area contributed by atoms with Gasteiger partial charge in [0.15, 0.2) is 0 Å². The lowest BCUT2D eigenvalue weighted by Gasteiger charge is -2.30. The van der Waals surface area contributed by atoms with E-state index in [0.717, 1.165) is 10.0 Å². The van der Waals surface area contributed by atoms with E-state index < -0.39 is 18.0 Å². The minimum atomic E-state index is -0.695. The predicted molar refractivity (Wildman–Crippen MR) is 78.5 cm³/mol. The number of aliphatic hydroxyl groups excluding tert-OH is 1. The van der Waals surface area contributed by atoms with Crippen molar-refractivity contribution in [2.24, 2.45) is 0 Å². The van der Waals surface area contributed by atoms with Gasteiger partial charge >= 0.3 is 0 Å². The summed E-state index contributed by atoms with van der Waals surface area (Å²) in [6.45, 7) is 0. The standard InChI is InChI=1S/C15H11BrClFO2/c16-8-1-4-12(17)11(5-8)15-7-13(19)10-3-2-9(18)6-14(10)20-15/h1-6,13,15,19H,7H2/t13-,15?/m1/s1. The van der Waals surface area contributed by atoms with Crippen LogP contribution >= 0.6 is 27.5 Å². The molecule has 1 heterocycles. The lowest BCUT2D eigenvalue weighted by atomic mass is 9.95. The van der Waals surface area contributed by atoms with Crippen LogP contribution in [0, 0.1) is 5.82 Å². The third kappa shape index (κ3) is 2.55. The maximum Gasteiger partial charge on any atom is 0.128 e. The van der Waals surface area contributed by atoms with E-state index in [4.69, 9.17) is 16.3 Å². The molecule has 2 nitrogen and oxygen atoms in total. The highest BCUT2D eigenvalue weighted by molar-refractivity contribution is 9.10. The Morgan fingerprint density at radius 3 is 2.80 bits per heavy atom. The van der Waals surface area contributed by atoms with Crippen LogP contribution in [-0.4, -0.2) is 5.11 Å². The molecule has 0 fully saturated rings. The van der Waals surface area contributed by atoms with E-state index in [1.165, 1.54) is 12.1 Å². The van der Waals surface area contributed by atoms with Crippen molar-refractivity contribution in [3.63, 3.8) is 0 Å². The molecule has 0 radical (unpaired) electrons. The normalized spacial score (nSPS) is 21.2. The van der Waals surface area contributed by atoms with Crippen LogP contribution in [0.15, 0.2) is 40.9 Å². The summed E-state index contributed by atoms with van der Waals surface area (Å²) in [5.41, 5.74) is 1.38. The summed E-state index contributed by atoms with van der Waals surface area (Å²) >= 11 is 9.56. The average molecular weight is 358 g/mol. The minimum Gasteiger partial charge on any atom is -0.485 e. The van der Waals surface area contributed by atoms with Crippen LogP contribution in [0.2, 0.25) is 5.02 Å². The third-order valence-corrected chi connectivity index (χ3v) is 4.18. The van der Waals surface area contributed by atoms with Gasteiger partial charge in [-0.3, -0.25) is 0 Å². The molecule has 1 unspecified atom stereocenters. The second kappa shape index (κ2) is 5.35. The second-order valence-corrected chi connectivity index (χ2v) is 6.03. The Balaban J connectivity index is 2.00. The van der Waals surface area contributed by atoms with Gasteiger partial charge in [-0.2, -0.15) is 0 Å². The summed E-state index contributed by atoms with van der Waals surface area (Å²) < 4.78 is 20.0. The van der Waals surface area contributed by atoms with Crippen molar-refractivity contribution in [2.75, 3.05) is 0 Å². The largest absolute Gasteiger partial charge is 0.485 e. The highest BCUT2D eigenvalue weighted by Crippen LogP contribution is 2.43. The first-order valence-corrected chi connectivity index (χ1v) is 7.31. The predicted octanol–water partition coefficient (Wildman–Crippen LogP) is 4.80. The van der Waals surface area contributed by atoms with Gasteiger partial charge in [-0.05, 0) is 30.3 Å². The number of ether oxygens (including phenoxy) is 1. The van der Waals surface area contributed by atoms with Crippen LogP contribution in [0.3, 0.4) is 0 Å². The van der Waals surface area contributed by atoms with E-state index in [1.807, 2.05) is 12.1 Å². The molecule has 0 saturated carbocycles. The zero-order valence-electron chi connectivity index (χ0n) is 10.3. The van der Waals surface area contributed by atoms with E-state index >= 15 is 0 Å². The quantitative estimate of drug-likeness (QED) is 0.794. The Morgan fingerprint density at radius 1 is 1.20 bits per heavy atom. The molecule has 2 aromatic rings. The number of benzene rings is 2. The molecule has 0 aliphatic carbocycles. The van der Waals surface area contributed by atoms with Crippen LogP contribution in [0.25, 0.3) is 0 Å². The lowest BCUT2D eigenvalue weighted by molar-refractivity contribution is 0.0654. The number of aliphatic hydroxyl groups is 1. The van der Waals surface area contributed by atoms with Crippen molar-refractivity contribution in [3.05, 3.63) is 62.8 Å². The van der Waals surface area contributed by atoms with E-state index in [2.05, 4.69) is 15.9 Å². The average Bonchev–Trinajstić information content (AvgIpc) is 2.41. The van der Waals surface area contributed by atoms with Crippen molar-refractivity contribution in [3.8, 4) is 5.75 Å². The molecule has 0 bridgehead atoms. The van der Waals surface area contributed by atoms with Gasteiger partial charge in [-0.15, -0.1) is 0 Å².